The minimum absolute atomic E-state index is 0.0764. The van der Waals surface area contributed by atoms with Crippen LogP contribution >= 0.6 is 0 Å². The Labute approximate surface area is 126 Å². The molecular formula is C15H13N5O2. The molecule has 0 saturated carbocycles. The Bertz CT molecular complexity index is 815. The van der Waals surface area contributed by atoms with Crippen LogP contribution in [0.3, 0.4) is 0 Å². The number of anilines is 2. The molecule has 110 valence electrons. The minimum Gasteiger partial charge on any atom is -0.461 e. The highest BCUT2D eigenvalue weighted by molar-refractivity contribution is 6.06. The highest BCUT2D eigenvalue weighted by Gasteiger charge is 2.15. The summed E-state index contributed by atoms with van der Waals surface area (Å²) < 4.78 is 5.20. The van der Waals surface area contributed by atoms with Gasteiger partial charge < -0.3 is 15.5 Å². The minimum atomic E-state index is -0.412. The zero-order valence-electron chi connectivity index (χ0n) is 11.8. The van der Waals surface area contributed by atoms with Crippen LogP contribution in [-0.2, 0) is 0 Å². The first-order valence-electron chi connectivity index (χ1n) is 6.54. The predicted octanol–water partition coefficient (Wildman–Crippen LogP) is 2.27. The number of rotatable bonds is 3. The number of carbonyl (C=O) groups excluding carboxylic acids is 1. The van der Waals surface area contributed by atoms with Gasteiger partial charge in [-0.2, -0.15) is 0 Å². The molecule has 0 bridgehead atoms. The number of furan rings is 1. The first-order valence-corrected chi connectivity index (χ1v) is 6.54. The van der Waals surface area contributed by atoms with Gasteiger partial charge in [-0.3, -0.25) is 4.79 Å². The van der Waals surface area contributed by atoms with Crippen LogP contribution in [0, 0.1) is 6.92 Å². The van der Waals surface area contributed by atoms with Gasteiger partial charge in [0.05, 0.1) is 6.26 Å². The van der Waals surface area contributed by atoms with Gasteiger partial charge in [-0.05, 0) is 30.7 Å². The summed E-state index contributed by atoms with van der Waals surface area (Å²) in [5.74, 6) is 0.951. The molecule has 3 heterocycles. The maximum atomic E-state index is 12.3. The van der Waals surface area contributed by atoms with Gasteiger partial charge in [0.1, 0.15) is 17.2 Å². The number of aromatic nitrogens is 3. The van der Waals surface area contributed by atoms with Gasteiger partial charge >= 0.3 is 0 Å². The molecule has 0 saturated heterocycles. The number of pyridine rings is 1. The molecule has 0 radical (unpaired) electrons. The van der Waals surface area contributed by atoms with E-state index >= 15 is 0 Å². The van der Waals surface area contributed by atoms with E-state index < -0.39 is 5.91 Å². The van der Waals surface area contributed by atoms with Crippen LogP contribution in [0.2, 0.25) is 0 Å². The molecule has 0 spiro atoms. The predicted molar refractivity (Wildman–Crippen MR) is 81.1 cm³/mol. The molecule has 1 amide bonds. The summed E-state index contributed by atoms with van der Waals surface area (Å²) in [4.78, 5) is 24.5. The molecule has 3 aromatic rings. The van der Waals surface area contributed by atoms with Crippen molar-refractivity contribution in [2.75, 3.05) is 11.1 Å². The van der Waals surface area contributed by atoms with Crippen molar-refractivity contribution >= 4 is 17.5 Å². The summed E-state index contributed by atoms with van der Waals surface area (Å²) >= 11 is 0. The lowest BCUT2D eigenvalue weighted by Crippen LogP contribution is -2.17. The van der Waals surface area contributed by atoms with Crippen molar-refractivity contribution in [3.8, 4) is 11.6 Å². The van der Waals surface area contributed by atoms with Crippen molar-refractivity contribution in [1.29, 1.82) is 0 Å². The Morgan fingerprint density at radius 1 is 1.27 bits per heavy atom. The van der Waals surface area contributed by atoms with Crippen molar-refractivity contribution in [3.63, 3.8) is 0 Å². The van der Waals surface area contributed by atoms with Crippen LogP contribution in [0.15, 0.2) is 47.3 Å². The molecule has 0 atom stereocenters. The number of aryl methyl sites for hydroxylation is 1. The maximum Gasteiger partial charge on any atom is 0.262 e. The Morgan fingerprint density at radius 3 is 2.82 bits per heavy atom. The highest BCUT2D eigenvalue weighted by Crippen LogP contribution is 2.19. The van der Waals surface area contributed by atoms with Gasteiger partial charge in [-0.15, -0.1) is 0 Å². The summed E-state index contributed by atoms with van der Waals surface area (Å²) in [6.45, 7) is 1.85. The number of carbonyl (C=O) groups is 1. The lowest BCUT2D eigenvalue weighted by molar-refractivity contribution is 0.102. The zero-order chi connectivity index (χ0) is 15.5. The third kappa shape index (κ3) is 2.64. The Morgan fingerprint density at radius 2 is 2.14 bits per heavy atom. The SMILES string of the molecule is Cc1cccnc1NC(=O)c1cnc(-c2ccco2)nc1N. The fourth-order valence-corrected chi connectivity index (χ4v) is 1.89. The molecule has 0 aliphatic carbocycles. The smallest absolute Gasteiger partial charge is 0.262 e. The van der Waals surface area contributed by atoms with Crippen LogP contribution in [0.25, 0.3) is 11.6 Å². The van der Waals surface area contributed by atoms with Crippen LogP contribution in [-0.4, -0.2) is 20.9 Å². The molecule has 22 heavy (non-hydrogen) atoms. The van der Waals surface area contributed by atoms with E-state index in [0.717, 1.165) is 5.56 Å². The van der Waals surface area contributed by atoms with Crippen LogP contribution in [0.5, 0.6) is 0 Å². The van der Waals surface area contributed by atoms with E-state index in [9.17, 15) is 4.79 Å². The maximum absolute atomic E-state index is 12.3. The van der Waals surface area contributed by atoms with E-state index in [2.05, 4.69) is 20.3 Å². The van der Waals surface area contributed by atoms with Crippen LogP contribution in [0.1, 0.15) is 15.9 Å². The largest absolute Gasteiger partial charge is 0.461 e. The van der Waals surface area contributed by atoms with Crippen molar-refractivity contribution in [1.82, 2.24) is 15.0 Å². The van der Waals surface area contributed by atoms with E-state index in [1.165, 1.54) is 12.5 Å². The van der Waals surface area contributed by atoms with E-state index in [1.807, 2.05) is 13.0 Å². The quantitative estimate of drug-likeness (QED) is 0.767. The van der Waals surface area contributed by atoms with Gasteiger partial charge in [-0.1, -0.05) is 6.07 Å². The molecule has 0 fully saturated rings. The number of amides is 1. The summed E-state index contributed by atoms with van der Waals surface area (Å²) in [7, 11) is 0. The van der Waals surface area contributed by atoms with E-state index in [1.54, 1.807) is 24.4 Å². The second-order valence-corrected chi connectivity index (χ2v) is 4.59. The molecule has 0 aliphatic heterocycles. The van der Waals surface area contributed by atoms with Crippen molar-refractivity contribution in [3.05, 3.63) is 54.0 Å². The molecule has 3 N–H and O–H groups in total. The summed E-state index contributed by atoms with van der Waals surface area (Å²) in [5, 5.41) is 2.69. The summed E-state index contributed by atoms with van der Waals surface area (Å²) in [6, 6.07) is 7.08. The monoisotopic (exact) mass is 295 g/mol. The number of hydrogen-bond acceptors (Lipinski definition) is 6. The standard InChI is InChI=1S/C15H13N5O2/c1-9-4-2-6-17-13(9)20-15(21)10-8-18-14(19-12(10)16)11-5-3-7-22-11/h2-8H,1H3,(H2,16,18,19)(H,17,20,21). The number of nitrogens with zero attached hydrogens (tertiary/aromatic N) is 3. The number of nitrogens with one attached hydrogen (secondary N) is 1. The Hall–Kier alpha value is -3.22. The first-order chi connectivity index (χ1) is 10.6. The molecule has 3 rings (SSSR count). The van der Waals surface area contributed by atoms with Crippen molar-refractivity contribution in [2.45, 2.75) is 6.92 Å². The fourth-order valence-electron chi connectivity index (χ4n) is 1.89. The van der Waals surface area contributed by atoms with E-state index in [0.29, 0.717) is 17.4 Å². The van der Waals surface area contributed by atoms with Gasteiger partial charge in [0, 0.05) is 12.4 Å². The number of hydrogen-bond donors (Lipinski definition) is 2. The number of nitrogens with two attached hydrogens (primary N) is 1. The average Bonchev–Trinajstić information content (AvgIpc) is 3.03. The molecular weight excluding hydrogens is 282 g/mol. The van der Waals surface area contributed by atoms with Crippen LogP contribution in [0.4, 0.5) is 11.6 Å². The number of nitrogen functional groups attached to an aromatic ring is 1. The third-order valence-electron chi connectivity index (χ3n) is 3.05. The molecule has 0 aromatic carbocycles. The normalized spacial score (nSPS) is 10.4. The van der Waals surface area contributed by atoms with Gasteiger partial charge in [0.2, 0.25) is 0 Å². The molecule has 0 unspecified atom stereocenters. The van der Waals surface area contributed by atoms with Gasteiger partial charge in [0.25, 0.3) is 5.91 Å². The first kappa shape index (κ1) is 13.7. The second-order valence-electron chi connectivity index (χ2n) is 4.59. The van der Waals surface area contributed by atoms with Crippen molar-refractivity contribution < 1.29 is 9.21 Å². The third-order valence-corrected chi connectivity index (χ3v) is 3.05. The molecule has 0 aliphatic rings. The average molecular weight is 295 g/mol. The molecule has 3 aromatic heterocycles. The summed E-state index contributed by atoms with van der Waals surface area (Å²) in [6.07, 6.45) is 4.48. The van der Waals surface area contributed by atoms with E-state index in [4.69, 9.17) is 10.2 Å². The van der Waals surface area contributed by atoms with Gasteiger partial charge in [-0.25, -0.2) is 15.0 Å². The Balaban J connectivity index is 1.86. The summed E-state index contributed by atoms with van der Waals surface area (Å²) in [5.41, 5.74) is 6.88. The lowest BCUT2D eigenvalue weighted by atomic mass is 10.2. The molecule has 7 heteroatoms. The Kier molecular flexibility index (Phi) is 3.53. The topological polar surface area (TPSA) is 107 Å². The van der Waals surface area contributed by atoms with Gasteiger partial charge in [0.15, 0.2) is 11.6 Å². The fraction of sp³-hybridized carbons (Fsp3) is 0.0667. The highest BCUT2D eigenvalue weighted by atomic mass is 16.3. The van der Waals surface area contributed by atoms with Crippen LogP contribution < -0.4 is 11.1 Å². The lowest BCUT2D eigenvalue weighted by Gasteiger charge is -2.08. The zero-order valence-corrected chi connectivity index (χ0v) is 11.8. The van der Waals surface area contributed by atoms with E-state index in [-0.39, 0.29) is 11.4 Å². The second kappa shape index (κ2) is 5.65. The molecule has 7 nitrogen and oxygen atoms in total. The van der Waals surface area contributed by atoms with Crippen molar-refractivity contribution in [2.24, 2.45) is 0 Å².